The van der Waals surface area contributed by atoms with Crippen molar-refractivity contribution in [2.24, 2.45) is 0 Å². The number of amides is 1. The molecule has 0 saturated heterocycles. The summed E-state index contributed by atoms with van der Waals surface area (Å²) in [6.45, 7) is 3.92. The van der Waals surface area contributed by atoms with E-state index in [-0.39, 0.29) is 17.2 Å². The monoisotopic (exact) mass is 447 g/mol. The Morgan fingerprint density at radius 3 is 2.73 bits per heavy atom. The van der Waals surface area contributed by atoms with Crippen LogP contribution in [0.3, 0.4) is 0 Å². The molecule has 0 radical (unpaired) electrons. The first-order chi connectivity index (χ1) is 14.3. The van der Waals surface area contributed by atoms with Crippen molar-refractivity contribution in [3.63, 3.8) is 0 Å². The van der Waals surface area contributed by atoms with E-state index in [1.807, 2.05) is 6.92 Å². The molecule has 1 aromatic heterocycles. The number of carbonyl (C=O) groups excluding carboxylic acids is 1. The van der Waals surface area contributed by atoms with Gasteiger partial charge in [-0.3, -0.25) is 18.5 Å². The standard InChI is InChI=1S/C20H21N3O5S2/c1-3-22-15-10-9-13(11-18(15)29-20(22)25)21-19(24)17-12-23(30(26,27)4-2)14-7-5-6-8-16(14)28-17/h5-11,17H,3-4,12H2,1-2H3,(H,21,24). The van der Waals surface area contributed by atoms with Gasteiger partial charge in [0.25, 0.3) is 5.91 Å². The Hall–Kier alpha value is -2.85. The van der Waals surface area contributed by atoms with E-state index < -0.39 is 22.0 Å². The quantitative estimate of drug-likeness (QED) is 0.648. The normalized spacial score (nSPS) is 16.2. The Morgan fingerprint density at radius 1 is 1.23 bits per heavy atom. The average molecular weight is 448 g/mol. The Bertz CT molecular complexity index is 1280. The van der Waals surface area contributed by atoms with E-state index in [9.17, 15) is 18.0 Å². The number of thiazole rings is 1. The maximum atomic E-state index is 12.9. The molecular weight excluding hydrogens is 426 g/mol. The predicted octanol–water partition coefficient (Wildman–Crippen LogP) is 2.64. The Labute approximate surface area is 177 Å². The predicted molar refractivity (Wildman–Crippen MR) is 118 cm³/mol. The summed E-state index contributed by atoms with van der Waals surface area (Å²) in [5, 5.41) is 2.78. The van der Waals surface area contributed by atoms with Crippen LogP contribution < -0.4 is 19.2 Å². The first-order valence-corrected chi connectivity index (χ1v) is 12.0. The summed E-state index contributed by atoms with van der Waals surface area (Å²) in [6.07, 6.45) is -1.00. The van der Waals surface area contributed by atoms with Gasteiger partial charge in [0.05, 0.1) is 28.2 Å². The number of nitrogens with one attached hydrogen (secondary N) is 1. The number of nitrogens with zero attached hydrogens (tertiary/aromatic N) is 2. The molecule has 8 nitrogen and oxygen atoms in total. The van der Waals surface area contributed by atoms with Crippen molar-refractivity contribution < 1.29 is 17.9 Å². The number of para-hydroxylation sites is 2. The van der Waals surface area contributed by atoms with Crippen molar-refractivity contribution in [3.8, 4) is 5.75 Å². The van der Waals surface area contributed by atoms with Crippen molar-refractivity contribution >= 4 is 48.9 Å². The summed E-state index contributed by atoms with van der Waals surface area (Å²) < 4.78 is 34.6. The number of hydrogen-bond acceptors (Lipinski definition) is 6. The number of sulfonamides is 1. The average Bonchev–Trinajstić information content (AvgIpc) is 3.06. The maximum Gasteiger partial charge on any atom is 0.308 e. The van der Waals surface area contributed by atoms with Crippen LogP contribution >= 0.6 is 11.3 Å². The van der Waals surface area contributed by atoms with E-state index in [0.717, 1.165) is 21.6 Å². The van der Waals surface area contributed by atoms with E-state index in [1.165, 1.54) is 4.31 Å². The minimum absolute atomic E-state index is 0.0522. The lowest BCUT2D eigenvalue weighted by molar-refractivity contribution is -0.122. The van der Waals surface area contributed by atoms with E-state index in [4.69, 9.17) is 4.74 Å². The first-order valence-electron chi connectivity index (χ1n) is 9.54. The molecule has 0 spiro atoms. The van der Waals surface area contributed by atoms with Gasteiger partial charge in [-0.25, -0.2) is 8.42 Å². The van der Waals surface area contributed by atoms with Gasteiger partial charge in [0.2, 0.25) is 10.0 Å². The number of carbonyl (C=O) groups is 1. The topological polar surface area (TPSA) is 97.7 Å². The molecule has 0 saturated carbocycles. The molecule has 1 unspecified atom stereocenters. The first kappa shape index (κ1) is 20.4. The van der Waals surface area contributed by atoms with E-state index in [2.05, 4.69) is 5.32 Å². The zero-order valence-electron chi connectivity index (χ0n) is 16.5. The second kappa shape index (κ2) is 7.77. The lowest BCUT2D eigenvalue weighted by Gasteiger charge is -2.34. The van der Waals surface area contributed by atoms with Crippen molar-refractivity contribution in [1.82, 2.24) is 4.57 Å². The molecule has 4 rings (SSSR count). The molecule has 0 bridgehead atoms. The Morgan fingerprint density at radius 2 is 2.00 bits per heavy atom. The lowest BCUT2D eigenvalue weighted by atomic mass is 10.2. The lowest BCUT2D eigenvalue weighted by Crippen LogP contribution is -2.49. The number of fused-ring (bicyclic) bond motifs is 2. The smallest absolute Gasteiger partial charge is 0.308 e. The summed E-state index contributed by atoms with van der Waals surface area (Å²) >= 11 is 1.11. The molecule has 10 heteroatoms. The number of anilines is 2. The van der Waals surface area contributed by atoms with Crippen molar-refractivity contribution in [2.75, 3.05) is 21.9 Å². The van der Waals surface area contributed by atoms with Crippen LogP contribution in [0, 0.1) is 0 Å². The van der Waals surface area contributed by atoms with Crippen LogP contribution in [0.4, 0.5) is 11.4 Å². The van der Waals surface area contributed by atoms with Gasteiger partial charge in [-0.1, -0.05) is 23.5 Å². The third kappa shape index (κ3) is 3.56. The third-order valence-electron chi connectivity index (χ3n) is 4.98. The largest absolute Gasteiger partial charge is 0.476 e. The highest BCUT2D eigenvalue weighted by Gasteiger charge is 2.35. The van der Waals surface area contributed by atoms with Crippen molar-refractivity contribution in [3.05, 3.63) is 52.1 Å². The summed E-state index contributed by atoms with van der Waals surface area (Å²) in [4.78, 5) is 24.9. The molecule has 2 aromatic carbocycles. The van der Waals surface area contributed by atoms with Gasteiger partial charge in [0, 0.05) is 12.2 Å². The van der Waals surface area contributed by atoms with Gasteiger partial charge in [-0.15, -0.1) is 0 Å². The molecule has 3 aromatic rings. The maximum absolute atomic E-state index is 12.9. The van der Waals surface area contributed by atoms with Gasteiger partial charge < -0.3 is 10.1 Å². The van der Waals surface area contributed by atoms with Crippen molar-refractivity contribution in [1.29, 1.82) is 0 Å². The molecule has 30 heavy (non-hydrogen) atoms. The number of aromatic nitrogens is 1. The second-order valence-electron chi connectivity index (χ2n) is 6.79. The van der Waals surface area contributed by atoms with Gasteiger partial charge in [0.15, 0.2) is 6.10 Å². The van der Waals surface area contributed by atoms with Gasteiger partial charge in [0.1, 0.15) is 5.75 Å². The van der Waals surface area contributed by atoms with Crippen LogP contribution in [0.15, 0.2) is 47.3 Å². The molecular formula is C20H21N3O5S2. The zero-order valence-corrected chi connectivity index (χ0v) is 18.1. The van der Waals surface area contributed by atoms with Crippen LogP contribution in [0.5, 0.6) is 5.75 Å². The highest BCUT2D eigenvalue weighted by molar-refractivity contribution is 7.92. The highest BCUT2D eigenvalue weighted by atomic mass is 32.2. The van der Waals surface area contributed by atoms with Crippen LogP contribution in [-0.4, -0.2) is 37.3 Å². The minimum Gasteiger partial charge on any atom is -0.476 e. The van der Waals surface area contributed by atoms with E-state index in [0.29, 0.717) is 23.7 Å². The highest BCUT2D eigenvalue weighted by Crippen LogP contribution is 2.35. The number of benzene rings is 2. The number of rotatable bonds is 5. The fourth-order valence-electron chi connectivity index (χ4n) is 3.42. The minimum atomic E-state index is -3.57. The van der Waals surface area contributed by atoms with Crippen LogP contribution in [0.2, 0.25) is 0 Å². The van der Waals surface area contributed by atoms with Gasteiger partial charge >= 0.3 is 4.87 Å². The SMILES string of the molecule is CCn1c(=O)sc2cc(NC(=O)C3CN(S(=O)(=O)CC)c4ccccc4O3)ccc21. The summed E-state index contributed by atoms with van der Waals surface area (Å²) in [5.41, 5.74) is 1.76. The molecule has 0 aliphatic carbocycles. The van der Waals surface area contributed by atoms with E-state index in [1.54, 1.807) is 54.0 Å². The van der Waals surface area contributed by atoms with Gasteiger partial charge in [-0.05, 0) is 44.2 Å². The molecule has 1 N–H and O–H groups in total. The van der Waals surface area contributed by atoms with Crippen LogP contribution in [0.1, 0.15) is 13.8 Å². The molecule has 1 aliphatic rings. The molecule has 158 valence electrons. The van der Waals surface area contributed by atoms with E-state index >= 15 is 0 Å². The molecule has 2 heterocycles. The molecule has 1 amide bonds. The Kier molecular flexibility index (Phi) is 5.29. The summed E-state index contributed by atoms with van der Waals surface area (Å²) in [5.74, 6) is -0.198. The molecule has 0 fully saturated rings. The molecule has 1 aliphatic heterocycles. The van der Waals surface area contributed by atoms with Crippen molar-refractivity contribution in [2.45, 2.75) is 26.5 Å². The number of hydrogen-bond donors (Lipinski definition) is 1. The second-order valence-corrected chi connectivity index (χ2v) is 9.97. The van der Waals surface area contributed by atoms with Gasteiger partial charge in [-0.2, -0.15) is 0 Å². The third-order valence-corrected chi connectivity index (χ3v) is 7.67. The fraction of sp³-hybridized carbons (Fsp3) is 0.300. The van der Waals surface area contributed by atoms with Crippen LogP contribution in [-0.2, 0) is 21.4 Å². The summed E-state index contributed by atoms with van der Waals surface area (Å²) in [7, 11) is -3.57. The number of ether oxygens (including phenoxy) is 1. The van der Waals surface area contributed by atoms with Crippen LogP contribution in [0.25, 0.3) is 10.2 Å². The molecule has 1 atom stereocenters. The Balaban J connectivity index is 1.61. The summed E-state index contributed by atoms with van der Waals surface area (Å²) in [6, 6.07) is 12.0. The number of aryl methyl sites for hydroxylation is 1. The fourth-order valence-corrected chi connectivity index (χ4v) is 5.54. The zero-order chi connectivity index (χ0) is 21.5.